The average Bonchev–Trinajstić information content (AvgIpc) is 3.18. The third-order valence-electron chi connectivity index (χ3n) is 4.35. The molecule has 1 atom stereocenters. The van der Waals surface area contributed by atoms with Crippen LogP contribution in [-0.4, -0.2) is 26.4 Å². The van der Waals surface area contributed by atoms with Crippen LogP contribution in [0, 0.1) is 4.77 Å². The molecule has 0 radical (unpaired) electrons. The topological polar surface area (TPSA) is 40.1 Å². The molecule has 138 valence electrons. The molecule has 4 aromatic rings. The van der Waals surface area contributed by atoms with Crippen LogP contribution in [0.25, 0.3) is 21.6 Å². The summed E-state index contributed by atoms with van der Waals surface area (Å²) in [6, 6.07) is 15.9. The van der Waals surface area contributed by atoms with Crippen LogP contribution in [-0.2, 0) is 20.3 Å². The molecule has 0 aliphatic heterocycles. The van der Waals surface area contributed by atoms with E-state index in [2.05, 4.69) is 19.2 Å². The minimum absolute atomic E-state index is 0.677. The van der Waals surface area contributed by atoms with Crippen LogP contribution in [0.1, 0.15) is 5.01 Å². The fourth-order valence-electron chi connectivity index (χ4n) is 3.01. The van der Waals surface area contributed by atoms with Gasteiger partial charge < -0.3 is 9.47 Å². The molecule has 5 nitrogen and oxygen atoms in total. The lowest BCUT2D eigenvalue weighted by Crippen LogP contribution is -3.07. The molecule has 0 fully saturated rings. The number of thiazole rings is 1. The van der Waals surface area contributed by atoms with E-state index < -0.39 is 0 Å². The summed E-state index contributed by atoms with van der Waals surface area (Å²) < 4.78 is 5.73. The number of hydrogen-bond donors (Lipinski definition) is 1. The van der Waals surface area contributed by atoms with Crippen LogP contribution >= 0.6 is 35.2 Å². The summed E-state index contributed by atoms with van der Waals surface area (Å²) in [5, 5.41) is 6.56. The third-order valence-corrected chi connectivity index (χ3v) is 6.13. The van der Waals surface area contributed by atoms with Gasteiger partial charge in [-0.3, -0.25) is 0 Å². The Morgan fingerprint density at radius 1 is 1.15 bits per heavy atom. The summed E-state index contributed by atoms with van der Waals surface area (Å²) in [4.78, 5) is 5.99. The standard InChI is InChI=1S/C19H18ClN5S2/c1-23(11-17-21-15-5-3-4-6-16(15)27-17)12-25-19(26)24(2)18(22-25)13-7-9-14(20)10-8-13/h3-10H,11-12H2,1-2H3/p+1. The van der Waals surface area contributed by atoms with E-state index in [0.29, 0.717) is 16.5 Å². The summed E-state index contributed by atoms with van der Waals surface area (Å²) in [6.07, 6.45) is 0. The SMILES string of the molecule is Cn1c(-c2ccc(Cl)cc2)nn(C[NH+](C)Cc2nc3ccccc3s2)c1=S. The van der Waals surface area contributed by atoms with Gasteiger partial charge in [-0.1, -0.05) is 23.7 Å². The molecule has 1 unspecified atom stereocenters. The van der Waals surface area contributed by atoms with Crippen LogP contribution in [0.3, 0.4) is 0 Å². The maximum absolute atomic E-state index is 5.99. The highest BCUT2D eigenvalue weighted by molar-refractivity contribution is 7.71. The number of hydrogen-bond acceptors (Lipinski definition) is 4. The van der Waals surface area contributed by atoms with Crippen molar-refractivity contribution in [3.05, 3.63) is 63.3 Å². The van der Waals surface area contributed by atoms with Crippen LogP contribution < -0.4 is 4.90 Å². The van der Waals surface area contributed by atoms with Crippen LogP contribution in [0.5, 0.6) is 0 Å². The fraction of sp³-hybridized carbons (Fsp3) is 0.211. The summed E-state index contributed by atoms with van der Waals surface area (Å²) >= 11 is 13.3. The fourth-order valence-corrected chi connectivity index (χ4v) is 4.41. The number of benzene rings is 2. The smallest absolute Gasteiger partial charge is 0.202 e. The minimum Gasteiger partial charge on any atom is -0.313 e. The van der Waals surface area contributed by atoms with Crippen molar-refractivity contribution in [3.8, 4) is 11.4 Å². The van der Waals surface area contributed by atoms with Gasteiger partial charge in [-0.25, -0.2) is 4.98 Å². The third kappa shape index (κ3) is 3.82. The molecular formula is C19H19ClN5S2+. The number of rotatable bonds is 5. The zero-order valence-corrected chi connectivity index (χ0v) is 17.4. The zero-order chi connectivity index (χ0) is 19.0. The number of nitrogens with one attached hydrogen (secondary N) is 1. The van der Waals surface area contributed by atoms with E-state index in [0.717, 1.165) is 28.5 Å². The second kappa shape index (κ2) is 7.52. The van der Waals surface area contributed by atoms with Crippen LogP contribution in [0.15, 0.2) is 48.5 Å². The van der Waals surface area contributed by atoms with Gasteiger partial charge >= 0.3 is 0 Å². The van der Waals surface area contributed by atoms with Gasteiger partial charge in [0.1, 0.15) is 11.6 Å². The van der Waals surface area contributed by atoms with Gasteiger partial charge in [0.25, 0.3) is 0 Å². The highest BCUT2D eigenvalue weighted by Gasteiger charge is 2.14. The average molecular weight is 417 g/mol. The van der Waals surface area contributed by atoms with E-state index in [-0.39, 0.29) is 0 Å². The number of aromatic nitrogens is 4. The Morgan fingerprint density at radius 2 is 1.89 bits per heavy atom. The Bertz CT molecular complexity index is 1110. The van der Waals surface area contributed by atoms with Gasteiger partial charge in [0, 0.05) is 17.6 Å². The Labute approximate surface area is 171 Å². The number of nitrogens with zero attached hydrogens (tertiary/aromatic N) is 4. The molecule has 2 heterocycles. The zero-order valence-electron chi connectivity index (χ0n) is 15.0. The molecule has 8 heteroatoms. The van der Waals surface area contributed by atoms with Crippen molar-refractivity contribution in [2.45, 2.75) is 13.2 Å². The molecule has 2 aromatic carbocycles. The monoisotopic (exact) mass is 416 g/mol. The minimum atomic E-state index is 0.677. The van der Waals surface area contributed by atoms with E-state index in [1.807, 2.05) is 52.7 Å². The van der Waals surface area contributed by atoms with Gasteiger partial charge in [0.05, 0.1) is 17.3 Å². The molecule has 0 spiro atoms. The quantitative estimate of drug-likeness (QED) is 0.506. The summed E-state index contributed by atoms with van der Waals surface area (Å²) in [7, 11) is 4.07. The Morgan fingerprint density at radius 3 is 2.63 bits per heavy atom. The van der Waals surface area contributed by atoms with Gasteiger partial charge in [0.15, 0.2) is 12.5 Å². The van der Waals surface area contributed by atoms with E-state index in [1.54, 1.807) is 11.3 Å². The Hall–Kier alpha value is -2.06. The summed E-state index contributed by atoms with van der Waals surface area (Å²) in [5.74, 6) is 0.837. The molecular weight excluding hydrogens is 398 g/mol. The lowest BCUT2D eigenvalue weighted by Gasteiger charge is -2.11. The Balaban J connectivity index is 1.54. The summed E-state index contributed by atoms with van der Waals surface area (Å²) in [6.45, 7) is 1.50. The molecule has 0 aliphatic rings. The van der Waals surface area contributed by atoms with Crippen LogP contribution in [0.4, 0.5) is 0 Å². The molecule has 27 heavy (non-hydrogen) atoms. The first-order valence-electron chi connectivity index (χ1n) is 8.57. The lowest BCUT2D eigenvalue weighted by atomic mass is 10.2. The van der Waals surface area contributed by atoms with Gasteiger partial charge in [-0.2, -0.15) is 4.68 Å². The first-order valence-corrected chi connectivity index (χ1v) is 10.2. The second-order valence-electron chi connectivity index (χ2n) is 6.54. The predicted molar refractivity (Wildman–Crippen MR) is 113 cm³/mol. The molecule has 4 rings (SSSR count). The van der Waals surface area contributed by atoms with Crippen molar-refractivity contribution in [1.82, 2.24) is 19.3 Å². The molecule has 0 amide bonds. The van der Waals surface area contributed by atoms with Crippen LogP contribution in [0.2, 0.25) is 5.02 Å². The van der Waals surface area contributed by atoms with Crippen molar-refractivity contribution in [3.63, 3.8) is 0 Å². The molecule has 0 saturated heterocycles. The van der Waals surface area contributed by atoms with E-state index in [9.17, 15) is 0 Å². The lowest BCUT2D eigenvalue weighted by molar-refractivity contribution is -0.917. The number of para-hydroxylation sites is 1. The molecule has 1 N–H and O–H groups in total. The predicted octanol–water partition coefficient (Wildman–Crippen LogP) is 3.55. The molecule has 0 aliphatic carbocycles. The number of halogens is 1. The molecule has 0 saturated carbocycles. The van der Waals surface area contributed by atoms with E-state index in [4.69, 9.17) is 33.9 Å². The summed E-state index contributed by atoms with van der Waals surface area (Å²) in [5.41, 5.74) is 2.06. The first-order chi connectivity index (χ1) is 13.0. The molecule has 2 aromatic heterocycles. The number of fused-ring (bicyclic) bond motifs is 1. The van der Waals surface area contributed by atoms with Crippen molar-refractivity contribution < 1.29 is 4.90 Å². The highest BCUT2D eigenvalue weighted by Crippen LogP contribution is 2.21. The normalized spacial score (nSPS) is 12.6. The van der Waals surface area contributed by atoms with Gasteiger partial charge in [-0.05, 0) is 48.6 Å². The van der Waals surface area contributed by atoms with Crippen molar-refractivity contribution >= 4 is 45.4 Å². The van der Waals surface area contributed by atoms with Gasteiger partial charge in [0.2, 0.25) is 4.77 Å². The maximum Gasteiger partial charge on any atom is 0.202 e. The van der Waals surface area contributed by atoms with Crippen molar-refractivity contribution in [2.24, 2.45) is 7.05 Å². The van der Waals surface area contributed by atoms with Crippen molar-refractivity contribution in [2.75, 3.05) is 7.05 Å². The number of quaternary nitrogens is 1. The first kappa shape index (κ1) is 18.3. The van der Waals surface area contributed by atoms with E-state index in [1.165, 1.54) is 9.60 Å². The van der Waals surface area contributed by atoms with E-state index >= 15 is 0 Å². The second-order valence-corrected chi connectivity index (χ2v) is 8.46. The Kier molecular flexibility index (Phi) is 5.10. The maximum atomic E-state index is 5.99. The van der Waals surface area contributed by atoms with Gasteiger partial charge in [-0.15, -0.1) is 16.4 Å². The molecule has 0 bridgehead atoms. The highest BCUT2D eigenvalue weighted by atomic mass is 35.5. The van der Waals surface area contributed by atoms with Crippen molar-refractivity contribution in [1.29, 1.82) is 0 Å². The largest absolute Gasteiger partial charge is 0.313 e.